The van der Waals surface area contributed by atoms with Crippen LogP contribution in [-0.2, 0) is 12.4 Å². The lowest BCUT2D eigenvalue weighted by Crippen LogP contribution is -2.31. The summed E-state index contributed by atoms with van der Waals surface area (Å²) < 4.78 is 7.27. The molecule has 1 aliphatic rings. The molecular weight excluding hydrogens is 356 g/mol. The predicted molar refractivity (Wildman–Crippen MR) is 101 cm³/mol. The van der Waals surface area contributed by atoms with Crippen molar-refractivity contribution in [2.45, 2.75) is 43.6 Å². The maximum atomic E-state index is 5.58. The number of hydrogen-bond acceptors (Lipinski definition) is 8. The second kappa shape index (κ2) is 8.29. The maximum Gasteiger partial charge on any atom is 0.288 e. The lowest BCUT2D eigenvalue weighted by atomic mass is 10.1. The molecule has 0 amide bonds. The van der Waals surface area contributed by atoms with E-state index in [1.807, 2.05) is 32.0 Å². The molecule has 136 valence electrons. The molecule has 1 fully saturated rings. The molecule has 0 radical (unpaired) electrons. The molecule has 0 saturated carbocycles. The Bertz CT molecular complexity index is 766. The highest BCUT2D eigenvalue weighted by Crippen LogP contribution is 2.24. The van der Waals surface area contributed by atoms with Crippen LogP contribution in [0, 0.1) is 11.8 Å². The topological polar surface area (TPSA) is 63.2 Å². The van der Waals surface area contributed by atoms with Crippen molar-refractivity contribution in [1.82, 2.24) is 24.6 Å². The first-order valence-electron chi connectivity index (χ1n) is 8.46. The third-order valence-corrected chi connectivity index (χ3v) is 5.06. The number of anilines is 1. The molecule has 0 atom stereocenters. The molecule has 0 spiro atoms. The van der Waals surface area contributed by atoms with Gasteiger partial charge in [-0.05, 0) is 58.6 Å². The Balaban J connectivity index is 1.68. The van der Waals surface area contributed by atoms with Crippen LogP contribution in [-0.4, -0.2) is 51.8 Å². The first kappa shape index (κ1) is 18.3. The van der Waals surface area contributed by atoms with Gasteiger partial charge in [0, 0.05) is 18.8 Å². The zero-order chi connectivity index (χ0) is 17.8. The van der Waals surface area contributed by atoms with Gasteiger partial charge in [0.2, 0.25) is 11.8 Å². The summed E-state index contributed by atoms with van der Waals surface area (Å²) in [6.07, 6.45) is 3.72. The minimum Gasteiger partial charge on any atom is -0.413 e. The quantitative estimate of drug-likeness (QED) is 0.430. The van der Waals surface area contributed by atoms with Crippen LogP contribution in [0.4, 0.5) is 5.95 Å². The van der Waals surface area contributed by atoms with E-state index in [1.54, 1.807) is 16.4 Å². The zero-order valence-electron chi connectivity index (χ0n) is 14.9. The van der Waals surface area contributed by atoms with Gasteiger partial charge in [0.05, 0.1) is 12.4 Å². The summed E-state index contributed by atoms with van der Waals surface area (Å²) in [5.74, 6) is 2.05. The second-order valence-electron chi connectivity index (χ2n) is 6.47. The van der Waals surface area contributed by atoms with E-state index in [0.717, 1.165) is 29.8 Å². The first-order chi connectivity index (χ1) is 12.0. The highest BCUT2D eigenvalue weighted by atomic mass is 32.2. The van der Waals surface area contributed by atoms with Crippen molar-refractivity contribution in [2.24, 2.45) is 0 Å². The highest BCUT2D eigenvalue weighted by Gasteiger charge is 2.15. The minimum atomic E-state index is 0.400. The van der Waals surface area contributed by atoms with E-state index < -0.39 is 0 Å². The van der Waals surface area contributed by atoms with E-state index in [0.29, 0.717) is 23.1 Å². The Morgan fingerprint density at radius 2 is 2.00 bits per heavy atom. The van der Waals surface area contributed by atoms with Gasteiger partial charge in [-0.3, -0.25) is 4.90 Å². The van der Waals surface area contributed by atoms with Crippen molar-refractivity contribution in [1.29, 1.82) is 0 Å². The van der Waals surface area contributed by atoms with Gasteiger partial charge in [0.15, 0.2) is 0 Å². The van der Waals surface area contributed by atoms with Gasteiger partial charge in [0.25, 0.3) is 4.84 Å². The predicted octanol–water partition coefficient (Wildman–Crippen LogP) is 3.11. The molecule has 9 heteroatoms. The normalized spacial score (nSPS) is 15.1. The smallest absolute Gasteiger partial charge is 0.288 e. The molecule has 1 aliphatic heterocycles. The molecule has 7 nitrogen and oxygen atoms in total. The van der Waals surface area contributed by atoms with Gasteiger partial charge in [0.1, 0.15) is 5.03 Å². The summed E-state index contributed by atoms with van der Waals surface area (Å²) in [6.45, 7) is 4.70. The van der Waals surface area contributed by atoms with Crippen LogP contribution in [0.1, 0.15) is 30.8 Å². The van der Waals surface area contributed by atoms with Crippen LogP contribution < -0.4 is 4.90 Å². The molecule has 1 saturated heterocycles. The van der Waals surface area contributed by atoms with Crippen LogP contribution in [0.2, 0.25) is 0 Å². The number of rotatable bonds is 6. The largest absolute Gasteiger partial charge is 0.413 e. The van der Waals surface area contributed by atoms with Gasteiger partial charge in [-0.1, -0.05) is 11.8 Å². The fourth-order valence-corrected chi connectivity index (χ4v) is 3.72. The molecule has 3 rings (SSSR count). The first-order valence-corrected chi connectivity index (χ1v) is 9.85. The van der Waals surface area contributed by atoms with Gasteiger partial charge in [-0.15, -0.1) is 5.10 Å². The average Bonchev–Trinajstić information content (AvgIpc) is 2.92. The average molecular weight is 381 g/mol. The van der Waals surface area contributed by atoms with E-state index >= 15 is 0 Å². The van der Waals surface area contributed by atoms with Crippen molar-refractivity contribution < 1.29 is 4.42 Å². The van der Waals surface area contributed by atoms with Crippen LogP contribution in [0.15, 0.2) is 15.5 Å². The van der Waals surface area contributed by atoms with Gasteiger partial charge < -0.3 is 9.32 Å². The molecule has 2 aromatic heterocycles. The Hall–Kier alpha value is -1.45. The molecule has 0 N–H and O–H groups in total. The molecule has 0 unspecified atom stereocenters. The number of thioether (sulfide) groups is 1. The van der Waals surface area contributed by atoms with Crippen molar-refractivity contribution in [3.63, 3.8) is 0 Å². The van der Waals surface area contributed by atoms with E-state index in [2.05, 4.69) is 15.0 Å². The van der Waals surface area contributed by atoms with E-state index in [4.69, 9.17) is 21.6 Å². The van der Waals surface area contributed by atoms with Crippen LogP contribution in [0.25, 0.3) is 0 Å². The lowest BCUT2D eigenvalue weighted by Gasteiger charge is -2.27. The number of aromatic nitrogens is 4. The number of hydrogen-bond donors (Lipinski definition) is 0. The van der Waals surface area contributed by atoms with Crippen molar-refractivity contribution in [3.8, 4) is 0 Å². The number of nitrogens with zero attached hydrogens (tertiary/aromatic N) is 6. The van der Waals surface area contributed by atoms with Crippen molar-refractivity contribution in [2.75, 3.05) is 32.1 Å². The molecule has 25 heavy (non-hydrogen) atoms. The zero-order valence-corrected chi connectivity index (χ0v) is 16.6. The monoisotopic (exact) mass is 380 g/mol. The van der Waals surface area contributed by atoms with Crippen molar-refractivity contribution in [3.05, 3.63) is 22.5 Å². The lowest BCUT2D eigenvalue weighted by molar-refractivity contribution is 0.298. The summed E-state index contributed by atoms with van der Waals surface area (Å²) in [4.78, 5) is 14.0. The standard InChI is InChI=1S/C16H24N6OS2/c1-12-9-14(18-15(17-12)21-7-5-4-6-8-21)25-10-13-19-22(11-20(2)3)16(24)23-13/h9H,4-8,10-11H2,1-3H3. The van der Waals surface area contributed by atoms with E-state index in [1.165, 1.54) is 19.3 Å². The summed E-state index contributed by atoms with van der Waals surface area (Å²) in [6, 6.07) is 2.00. The van der Waals surface area contributed by atoms with Gasteiger partial charge in [-0.2, -0.15) is 0 Å². The number of piperidine rings is 1. The van der Waals surface area contributed by atoms with Gasteiger partial charge in [-0.25, -0.2) is 14.6 Å². The molecular formula is C16H24N6OS2. The molecule has 0 aromatic carbocycles. The molecule has 0 bridgehead atoms. The van der Waals surface area contributed by atoms with Crippen LogP contribution >= 0.6 is 24.0 Å². The second-order valence-corrected chi connectivity index (χ2v) is 7.81. The Labute approximate surface area is 157 Å². The number of aryl methyl sites for hydroxylation is 1. The summed E-state index contributed by atoms with van der Waals surface area (Å²) >= 11 is 6.81. The molecule has 3 heterocycles. The highest BCUT2D eigenvalue weighted by molar-refractivity contribution is 7.98. The summed E-state index contributed by atoms with van der Waals surface area (Å²) in [7, 11) is 3.94. The fourth-order valence-electron chi connectivity index (χ4n) is 2.73. The maximum absolute atomic E-state index is 5.58. The third kappa shape index (κ3) is 5.02. The molecule has 0 aliphatic carbocycles. The summed E-state index contributed by atoms with van der Waals surface area (Å²) in [5, 5.41) is 5.37. The Morgan fingerprint density at radius 1 is 1.24 bits per heavy atom. The van der Waals surface area contributed by atoms with Crippen LogP contribution in [0.5, 0.6) is 0 Å². The third-order valence-electron chi connectivity index (χ3n) is 3.87. The van der Waals surface area contributed by atoms with Gasteiger partial charge >= 0.3 is 0 Å². The fraction of sp³-hybridized carbons (Fsp3) is 0.625. The Morgan fingerprint density at radius 3 is 2.72 bits per heavy atom. The minimum absolute atomic E-state index is 0.400. The SMILES string of the molecule is Cc1cc(SCc2nn(CN(C)C)c(=S)o2)nc(N2CCCCC2)n1. The van der Waals surface area contributed by atoms with Crippen LogP contribution in [0.3, 0.4) is 0 Å². The van der Waals surface area contributed by atoms with Crippen molar-refractivity contribution >= 4 is 29.9 Å². The van der Waals surface area contributed by atoms with E-state index in [9.17, 15) is 0 Å². The Kier molecular flexibility index (Phi) is 6.08. The molecule has 2 aromatic rings. The van der Waals surface area contributed by atoms with E-state index in [-0.39, 0.29) is 0 Å². The summed E-state index contributed by atoms with van der Waals surface area (Å²) in [5.41, 5.74) is 0.983.